The number of aliphatic carboxylic acids is 1. The van der Waals surface area contributed by atoms with Crippen LogP contribution in [0.1, 0.15) is 38.5 Å². The molecule has 1 aliphatic heterocycles. The first-order valence-electron chi connectivity index (χ1n) is 6.80. The molecule has 0 aromatic rings. The lowest BCUT2D eigenvalue weighted by Gasteiger charge is -2.46. The molecule has 0 unspecified atom stereocenters. The molecule has 3 aliphatic rings. The maximum Gasteiger partial charge on any atom is 0.305 e. The first-order chi connectivity index (χ1) is 9.05. The van der Waals surface area contributed by atoms with Crippen molar-refractivity contribution in [1.82, 2.24) is 4.90 Å². The van der Waals surface area contributed by atoms with Crippen molar-refractivity contribution in [2.45, 2.75) is 44.1 Å². The molecule has 5 heteroatoms. The maximum absolute atomic E-state index is 12.4. The van der Waals surface area contributed by atoms with Crippen molar-refractivity contribution in [2.75, 3.05) is 0 Å². The third kappa shape index (κ3) is 1.71. The number of carboxylic acid groups (broad SMARTS) is 1. The highest BCUT2D eigenvalue weighted by atomic mass is 16.4. The molecule has 5 nitrogen and oxygen atoms in total. The number of carbonyl (C=O) groups excluding carboxylic acids is 2. The lowest BCUT2D eigenvalue weighted by Crippen LogP contribution is -2.57. The van der Waals surface area contributed by atoms with Crippen LogP contribution in [0.15, 0.2) is 12.2 Å². The van der Waals surface area contributed by atoms with Crippen LogP contribution in [0.25, 0.3) is 0 Å². The van der Waals surface area contributed by atoms with Crippen molar-refractivity contribution in [3.05, 3.63) is 12.2 Å². The van der Waals surface area contributed by atoms with E-state index in [1.807, 2.05) is 12.2 Å². The van der Waals surface area contributed by atoms with Gasteiger partial charge < -0.3 is 5.11 Å². The van der Waals surface area contributed by atoms with Gasteiger partial charge in [0, 0.05) is 0 Å². The van der Waals surface area contributed by atoms with Crippen LogP contribution < -0.4 is 0 Å². The summed E-state index contributed by atoms with van der Waals surface area (Å²) >= 11 is 0. The Kier molecular flexibility index (Phi) is 2.73. The topological polar surface area (TPSA) is 74.7 Å². The van der Waals surface area contributed by atoms with E-state index in [2.05, 4.69) is 0 Å². The van der Waals surface area contributed by atoms with Gasteiger partial charge in [-0.1, -0.05) is 12.2 Å². The predicted molar refractivity (Wildman–Crippen MR) is 66.0 cm³/mol. The van der Waals surface area contributed by atoms with Crippen LogP contribution in [0.3, 0.4) is 0 Å². The first kappa shape index (κ1) is 12.4. The molecule has 3 rings (SSSR count). The van der Waals surface area contributed by atoms with E-state index in [0.717, 1.165) is 6.42 Å². The number of imide groups is 1. The van der Waals surface area contributed by atoms with Crippen molar-refractivity contribution < 1.29 is 19.5 Å². The molecule has 0 radical (unpaired) electrons. The summed E-state index contributed by atoms with van der Waals surface area (Å²) in [6.45, 7) is 0. The number of fused-ring (bicyclic) bond motifs is 1. The zero-order chi connectivity index (χ0) is 13.6. The summed E-state index contributed by atoms with van der Waals surface area (Å²) in [5, 5.41) is 9.04. The van der Waals surface area contributed by atoms with Crippen molar-refractivity contribution in [3.63, 3.8) is 0 Å². The Morgan fingerprint density at radius 2 is 1.74 bits per heavy atom. The second-order valence-corrected chi connectivity index (χ2v) is 5.82. The molecular formula is C14H17NO4. The number of nitrogens with zero attached hydrogens (tertiary/aromatic N) is 1. The average molecular weight is 263 g/mol. The fraction of sp³-hybridized carbons (Fsp3) is 0.643. The molecule has 0 spiro atoms. The van der Waals surface area contributed by atoms with E-state index in [1.54, 1.807) is 0 Å². The molecule has 0 bridgehead atoms. The molecule has 0 aromatic carbocycles. The molecule has 2 atom stereocenters. The van der Waals surface area contributed by atoms with E-state index < -0.39 is 11.5 Å². The van der Waals surface area contributed by atoms with E-state index in [0.29, 0.717) is 25.7 Å². The highest BCUT2D eigenvalue weighted by Gasteiger charge is 2.57. The molecule has 1 saturated heterocycles. The van der Waals surface area contributed by atoms with Crippen molar-refractivity contribution in [1.29, 1.82) is 0 Å². The van der Waals surface area contributed by atoms with Gasteiger partial charge in [0.2, 0.25) is 11.8 Å². The number of carboxylic acids is 1. The summed E-state index contributed by atoms with van der Waals surface area (Å²) < 4.78 is 0. The van der Waals surface area contributed by atoms with E-state index >= 15 is 0 Å². The van der Waals surface area contributed by atoms with Gasteiger partial charge in [-0.05, 0) is 32.1 Å². The number of carbonyl (C=O) groups is 3. The molecule has 2 aliphatic carbocycles. The third-order valence-electron chi connectivity index (χ3n) is 4.75. The summed E-state index contributed by atoms with van der Waals surface area (Å²) in [5.41, 5.74) is -0.739. The van der Waals surface area contributed by atoms with Crippen molar-refractivity contribution >= 4 is 17.8 Å². The highest BCUT2D eigenvalue weighted by molar-refractivity contribution is 6.06. The second kappa shape index (κ2) is 4.18. The second-order valence-electron chi connectivity index (χ2n) is 5.82. The third-order valence-corrected chi connectivity index (χ3v) is 4.75. The summed E-state index contributed by atoms with van der Waals surface area (Å²) in [4.78, 5) is 37.2. The van der Waals surface area contributed by atoms with Crippen LogP contribution in [0, 0.1) is 11.8 Å². The highest BCUT2D eigenvalue weighted by Crippen LogP contribution is 2.47. The minimum absolute atomic E-state index is 0.114. The average Bonchev–Trinajstić information content (AvgIpc) is 2.58. The van der Waals surface area contributed by atoms with Crippen LogP contribution in [-0.2, 0) is 14.4 Å². The number of likely N-dealkylation sites (tertiary alicyclic amines) is 1. The monoisotopic (exact) mass is 263 g/mol. The molecule has 0 aromatic heterocycles. The predicted octanol–water partition coefficient (Wildman–Crippen LogP) is 1.33. The lowest BCUT2D eigenvalue weighted by molar-refractivity contribution is -0.156. The van der Waals surface area contributed by atoms with Crippen LogP contribution in [0.2, 0.25) is 0 Å². The van der Waals surface area contributed by atoms with Gasteiger partial charge in [0.05, 0.1) is 23.8 Å². The Labute approximate surface area is 111 Å². The largest absolute Gasteiger partial charge is 0.481 e. The summed E-state index contributed by atoms with van der Waals surface area (Å²) in [6, 6.07) is 0. The molecule has 19 heavy (non-hydrogen) atoms. The fourth-order valence-corrected chi connectivity index (χ4v) is 3.61. The van der Waals surface area contributed by atoms with Gasteiger partial charge in [0.25, 0.3) is 0 Å². The molecule has 102 valence electrons. The SMILES string of the molecule is O=C(O)CC1(N2C(=O)[C@H]3CC=CC[C@H]3C2=O)CCC1. The van der Waals surface area contributed by atoms with Gasteiger partial charge in [-0.2, -0.15) is 0 Å². The Morgan fingerprint density at radius 1 is 1.21 bits per heavy atom. The Bertz CT molecular complexity index is 452. The summed E-state index contributed by atoms with van der Waals surface area (Å²) in [5.74, 6) is -1.76. The molecule has 1 N–H and O–H groups in total. The number of hydrogen-bond acceptors (Lipinski definition) is 3. The Balaban J connectivity index is 1.90. The number of hydrogen-bond donors (Lipinski definition) is 1. The Hall–Kier alpha value is -1.65. The van der Waals surface area contributed by atoms with E-state index in [-0.39, 0.29) is 30.1 Å². The van der Waals surface area contributed by atoms with Gasteiger partial charge in [-0.25, -0.2) is 0 Å². The van der Waals surface area contributed by atoms with Gasteiger partial charge in [0.1, 0.15) is 0 Å². The number of amides is 2. The molecule has 1 heterocycles. The molecule has 1 saturated carbocycles. The van der Waals surface area contributed by atoms with Gasteiger partial charge in [-0.3, -0.25) is 19.3 Å². The minimum atomic E-state index is -0.937. The first-order valence-corrected chi connectivity index (χ1v) is 6.80. The summed E-state index contributed by atoms with van der Waals surface area (Å²) in [7, 11) is 0. The van der Waals surface area contributed by atoms with Crippen LogP contribution in [0.4, 0.5) is 0 Å². The van der Waals surface area contributed by atoms with E-state index in [9.17, 15) is 14.4 Å². The molecule has 2 amide bonds. The standard InChI is InChI=1S/C14H17NO4/c16-11(17)8-14(6-3-7-14)15-12(18)9-4-1-2-5-10(9)13(15)19/h1-2,9-10H,3-8H2,(H,16,17)/t9-,10+. The minimum Gasteiger partial charge on any atom is -0.481 e. The zero-order valence-corrected chi connectivity index (χ0v) is 10.7. The van der Waals surface area contributed by atoms with Crippen LogP contribution in [0.5, 0.6) is 0 Å². The zero-order valence-electron chi connectivity index (χ0n) is 10.7. The van der Waals surface area contributed by atoms with Gasteiger partial charge in [0.15, 0.2) is 0 Å². The van der Waals surface area contributed by atoms with E-state index in [1.165, 1.54) is 4.90 Å². The van der Waals surface area contributed by atoms with Crippen molar-refractivity contribution in [2.24, 2.45) is 11.8 Å². The maximum atomic E-state index is 12.4. The van der Waals surface area contributed by atoms with E-state index in [4.69, 9.17) is 5.11 Å². The molecule has 2 fully saturated rings. The van der Waals surface area contributed by atoms with Gasteiger partial charge >= 0.3 is 5.97 Å². The number of rotatable bonds is 3. The normalized spacial score (nSPS) is 32.1. The fourth-order valence-electron chi connectivity index (χ4n) is 3.61. The lowest BCUT2D eigenvalue weighted by atomic mass is 9.73. The van der Waals surface area contributed by atoms with Crippen LogP contribution >= 0.6 is 0 Å². The smallest absolute Gasteiger partial charge is 0.305 e. The summed E-state index contributed by atoms with van der Waals surface area (Å²) in [6.07, 6.45) is 7.13. The quantitative estimate of drug-likeness (QED) is 0.616. The molecular weight excluding hydrogens is 246 g/mol. The van der Waals surface area contributed by atoms with Crippen LogP contribution in [-0.4, -0.2) is 33.3 Å². The van der Waals surface area contributed by atoms with Gasteiger partial charge in [-0.15, -0.1) is 0 Å². The number of allylic oxidation sites excluding steroid dienone is 2. The Morgan fingerprint density at radius 3 is 2.11 bits per heavy atom. The van der Waals surface area contributed by atoms with Crippen molar-refractivity contribution in [3.8, 4) is 0 Å².